The lowest BCUT2D eigenvalue weighted by molar-refractivity contribution is 0.0950. The zero-order valence-electron chi connectivity index (χ0n) is 12.9. The zero-order chi connectivity index (χ0) is 16.2. The molecule has 1 amide bonds. The van der Waals surface area contributed by atoms with Crippen LogP contribution in [-0.2, 0) is 6.54 Å². The molecule has 0 aliphatic carbocycles. The van der Waals surface area contributed by atoms with E-state index in [4.69, 9.17) is 21.1 Å². The van der Waals surface area contributed by atoms with E-state index in [-0.39, 0.29) is 5.91 Å². The van der Waals surface area contributed by atoms with Gasteiger partial charge in [-0.2, -0.15) is 0 Å². The second kappa shape index (κ2) is 6.92. The fourth-order valence-corrected chi connectivity index (χ4v) is 2.56. The zero-order valence-corrected chi connectivity index (χ0v) is 13.7. The fraction of sp³-hybridized carbons (Fsp3) is 0.278. The van der Waals surface area contributed by atoms with Crippen LogP contribution in [0.25, 0.3) is 0 Å². The Morgan fingerprint density at radius 1 is 1.13 bits per heavy atom. The lowest BCUT2D eigenvalue weighted by atomic mass is 10.1. The number of halogens is 1. The molecule has 0 saturated carbocycles. The highest BCUT2D eigenvalue weighted by atomic mass is 35.5. The number of fused-ring (bicyclic) bond motifs is 1. The minimum atomic E-state index is -0.131. The SMILES string of the molecule is Cc1cc2c(cc1C(=O)NCc1ccc(Cl)cc1)OCCCO2. The van der Waals surface area contributed by atoms with Crippen molar-refractivity contribution >= 4 is 17.5 Å². The smallest absolute Gasteiger partial charge is 0.251 e. The van der Waals surface area contributed by atoms with Crippen LogP contribution in [0, 0.1) is 6.92 Å². The van der Waals surface area contributed by atoms with Crippen molar-refractivity contribution in [3.63, 3.8) is 0 Å². The summed E-state index contributed by atoms with van der Waals surface area (Å²) in [6.45, 7) is 3.58. The third kappa shape index (κ3) is 3.77. The summed E-state index contributed by atoms with van der Waals surface area (Å²) in [4.78, 5) is 12.4. The first kappa shape index (κ1) is 15.7. The topological polar surface area (TPSA) is 47.6 Å². The van der Waals surface area contributed by atoms with Gasteiger partial charge in [0.05, 0.1) is 13.2 Å². The number of hydrogen-bond acceptors (Lipinski definition) is 3. The van der Waals surface area contributed by atoms with Crippen molar-refractivity contribution in [2.75, 3.05) is 13.2 Å². The number of carbonyl (C=O) groups excluding carboxylic acids is 1. The van der Waals surface area contributed by atoms with Crippen LogP contribution in [0.2, 0.25) is 5.02 Å². The first-order valence-electron chi connectivity index (χ1n) is 7.56. The Labute approximate surface area is 140 Å². The predicted octanol–water partition coefficient (Wildman–Crippen LogP) is 3.74. The third-order valence-corrected chi connectivity index (χ3v) is 3.96. The lowest BCUT2D eigenvalue weighted by Gasteiger charge is -2.13. The van der Waals surface area contributed by atoms with Gasteiger partial charge in [0.1, 0.15) is 0 Å². The summed E-state index contributed by atoms with van der Waals surface area (Å²) < 4.78 is 11.3. The number of aryl methyl sites for hydroxylation is 1. The molecule has 0 atom stereocenters. The molecule has 2 aromatic rings. The Bertz CT molecular complexity index is 713. The van der Waals surface area contributed by atoms with E-state index >= 15 is 0 Å². The molecule has 2 aromatic carbocycles. The van der Waals surface area contributed by atoms with E-state index in [0.717, 1.165) is 17.5 Å². The Morgan fingerprint density at radius 2 is 1.78 bits per heavy atom. The molecular weight excluding hydrogens is 314 g/mol. The minimum Gasteiger partial charge on any atom is -0.490 e. The van der Waals surface area contributed by atoms with Crippen molar-refractivity contribution in [2.24, 2.45) is 0 Å². The second-order valence-electron chi connectivity index (χ2n) is 5.47. The number of benzene rings is 2. The number of rotatable bonds is 3. The van der Waals surface area contributed by atoms with E-state index in [9.17, 15) is 4.79 Å². The molecule has 23 heavy (non-hydrogen) atoms. The number of nitrogens with one attached hydrogen (secondary N) is 1. The minimum absolute atomic E-state index is 0.131. The summed E-state index contributed by atoms with van der Waals surface area (Å²) in [5.41, 5.74) is 2.46. The van der Waals surface area contributed by atoms with Crippen molar-refractivity contribution in [1.82, 2.24) is 5.32 Å². The number of hydrogen-bond donors (Lipinski definition) is 1. The maximum absolute atomic E-state index is 12.4. The van der Waals surface area contributed by atoms with Crippen molar-refractivity contribution in [1.29, 1.82) is 0 Å². The van der Waals surface area contributed by atoms with Gasteiger partial charge in [-0.1, -0.05) is 23.7 Å². The first-order chi connectivity index (χ1) is 11.1. The average molecular weight is 332 g/mol. The van der Waals surface area contributed by atoms with Crippen LogP contribution in [-0.4, -0.2) is 19.1 Å². The maximum Gasteiger partial charge on any atom is 0.251 e. The maximum atomic E-state index is 12.4. The van der Waals surface area contributed by atoms with Gasteiger partial charge in [0.2, 0.25) is 0 Å². The highest BCUT2D eigenvalue weighted by molar-refractivity contribution is 6.30. The first-order valence-corrected chi connectivity index (χ1v) is 7.94. The van der Waals surface area contributed by atoms with Gasteiger partial charge in [0.25, 0.3) is 5.91 Å². The summed E-state index contributed by atoms with van der Waals surface area (Å²) in [7, 11) is 0. The van der Waals surface area contributed by atoms with Crippen LogP contribution in [0.3, 0.4) is 0 Å². The van der Waals surface area contributed by atoms with E-state index in [0.29, 0.717) is 41.8 Å². The molecule has 1 aliphatic heterocycles. The molecule has 0 spiro atoms. The normalized spacial score (nSPS) is 13.3. The monoisotopic (exact) mass is 331 g/mol. The average Bonchev–Trinajstić information content (AvgIpc) is 2.78. The second-order valence-corrected chi connectivity index (χ2v) is 5.91. The molecule has 1 N–H and O–H groups in total. The van der Waals surface area contributed by atoms with E-state index in [1.54, 1.807) is 6.07 Å². The van der Waals surface area contributed by atoms with Crippen LogP contribution in [0.5, 0.6) is 11.5 Å². The Hall–Kier alpha value is -2.20. The van der Waals surface area contributed by atoms with Crippen LogP contribution in [0.15, 0.2) is 36.4 Å². The molecule has 0 saturated heterocycles. The molecule has 0 radical (unpaired) electrons. The van der Waals surface area contributed by atoms with Crippen molar-refractivity contribution in [2.45, 2.75) is 19.9 Å². The fourth-order valence-electron chi connectivity index (χ4n) is 2.43. The third-order valence-electron chi connectivity index (χ3n) is 3.71. The van der Waals surface area contributed by atoms with Crippen molar-refractivity contribution in [3.05, 3.63) is 58.1 Å². The van der Waals surface area contributed by atoms with Gasteiger partial charge in [0.15, 0.2) is 11.5 Å². The highest BCUT2D eigenvalue weighted by Crippen LogP contribution is 2.32. The number of ether oxygens (including phenoxy) is 2. The van der Waals surface area contributed by atoms with Crippen LogP contribution in [0.4, 0.5) is 0 Å². The van der Waals surface area contributed by atoms with E-state index in [1.807, 2.05) is 37.3 Å². The Balaban J connectivity index is 1.74. The summed E-state index contributed by atoms with van der Waals surface area (Å²) in [6, 6.07) is 11.0. The van der Waals surface area contributed by atoms with Crippen LogP contribution < -0.4 is 14.8 Å². The lowest BCUT2D eigenvalue weighted by Crippen LogP contribution is -2.23. The summed E-state index contributed by atoms with van der Waals surface area (Å²) >= 11 is 5.86. The van der Waals surface area contributed by atoms with Gasteiger partial charge in [-0.15, -0.1) is 0 Å². The van der Waals surface area contributed by atoms with Gasteiger partial charge in [0, 0.05) is 23.6 Å². The van der Waals surface area contributed by atoms with Gasteiger partial charge < -0.3 is 14.8 Å². The molecule has 3 rings (SSSR count). The van der Waals surface area contributed by atoms with Gasteiger partial charge >= 0.3 is 0 Å². The number of carbonyl (C=O) groups is 1. The van der Waals surface area contributed by atoms with Gasteiger partial charge in [-0.05, 0) is 42.3 Å². The summed E-state index contributed by atoms with van der Waals surface area (Å²) in [5.74, 6) is 1.20. The quantitative estimate of drug-likeness (QED) is 0.932. The Kier molecular flexibility index (Phi) is 4.72. The molecular formula is C18H18ClNO3. The molecule has 0 fully saturated rings. The standard InChI is InChI=1S/C18H18ClNO3/c1-12-9-16-17(23-8-2-7-22-16)10-15(12)18(21)20-11-13-3-5-14(19)6-4-13/h3-6,9-10H,2,7-8,11H2,1H3,(H,20,21). The van der Waals surface area contributed by atoms with Crippen LogP contribution >= 0.6 is 11.6 Å². The molecule has 0 bridgehead atoms. The predicted molar refractivity (Wildman–Crippen MR) is 89.4 cm³/mol. The molecule has 1 heterocycles. The summed E-state index contributed by atoms with van der Waals surface area (Å²) in [5, 5.41) is 3.60. The molecule has 0 unspecified atom stereocenters. The van der Waals surface area contributed by atoms with Crippen molar-refractivity contribution in [3.8, 4) is 11.5 Å². The molecule has 1 aliphatic rings. The van der Waals surface area contributed by atoms with E-state index < -0.39 is 0 Å². The van der Waals surface area contributed by atoms with E-state index in [1.165, 1.54) is 0 Å². The largest absolute Gasteiger partial charge is 0.490 e. The van der Waals surface area contributed by atoms with Crippen LogP contribution in [0.1, 0.15) is 27.9 Å². The Morgan fingerprint density at radius 3 is 2.48 bits per heavy atom. The van der Waals surface area contributed by atoms with Crippen molar-refractivity contribution < 1.29 is 14.3 Å². The van der Waals surface area contributed by atoms with Gasteiger partial charge in [-0.25, -0.2) is 0 Å². The molecule has 4 nitrogen and oxygen atoms in total. The summed E-state index contributed by atoms with van der Waals surface area (Å²) in [6.07, 6.45) is 0.839. The van der Waals surface area contributed by atoms with E-state index in [2.05, 4.69) is 5.32 Å². The molecule has 0 aromatic heterocycles. The highest BCUT2D eigenvalue weighted by Gasteiger charge is 2.17. The number of amides is 1. The van der Waals surface area contributed by atoms with Gasteiger partial charge in [-0.3, -0.25) is 4.79 Å². The molecule has 5 heteroatoms. The molecule has 120 valence electrons.